The highest BCUT2D eigenvalue weighted by atomic mass is 16.5. The molecule has 3 aromatic heterocycles. The predicted octanol–water partition coefficient (Wildman–Crippen LogP) is 3.67. The molecule has 8 nitrogen and oxygen atoms in total. The Bertz CT molecular complexity index is 1070. The van der Waals surface area contributed by atoms with Gasteiger partial charge in [0.05, 0.1) is 25.8 Å². The second-order valence-electron chi connectivity index (χ2n) is 8.09. The Labute approximate surface area is 187 Å². The zero-order valence-corrected chi connectivity index (χ0v) is 18.3. The van der Waals surface area contributed by atoms with Crippen LogP contribution in [0.2, 0.25) is 0 Å². The van der Waals surface area contributed by atoms with Gasteiger partial charge in [0, 0.05) is 30.3 Å². The van der Waals surface area contributed by atoms with Crippen molar-refractivity contribution in [3.63, 3.8) is 0 Å². The summed E-state index contributed by atoms with van der Waals surface area (Å²) in [6, 6.07) is 7.64. The van der Waals surface area contributed by atoms with Crippen LogP contribution in [0.5, 0.6) is 5.75 Å². The van der Waals surface area contributed by atoms with Gasteiger partial charge in [-0.3, -0.25) is 14.5 Å². The van der Waals surface area contributed by atoms with Gasteiger partial charge in [-0.1, -0.05) is 6.07 Å². The van der Waals surface area contributed by atoms with Crippen LogP contribution in [0.3, 0.4) is 0 Å². The van der Waals surface area contributed by atoms with E-state index < -0.39 is 12.0 Å². The summed E-state index contributed by atoms with van der Waals surface area (Å²) < 4.78 is 7.07. The van der Waals surface area contributed by atoms with Gasteiger partial charge in [0.25, 0.3) is 0 Å². The molecule has 1 atom stereocenters. The zero-order chi connectivity index (χ0) is 22.3. The summed E-state index contributed by atoms with van der Waals surface area (Å²) in [5.41, 5.74) is 4.12. The van der Waals surface area contributed by atoms with Gasteiger partial charge < -0.3 is 15.2 Å². The number of nitrogens with one attached hydrogen (secondary N) is 1. The Hall–Kier alpha value is -3.42. The number of fused-ring (bicyclic) bond motifs is 1. The van der Waals surface area contributed by atoms with Gasteiger partial charge in [0.15, 0.2) is 0 Å². The van der Waals surface area contributed by atoms with E-state index in [1.165, 1.54) is 18.4 Å². The number of aliphatic carboxylic acids is 1. The fraction of sp³-hybridized carbons (Fsp3) is 0.417. The number of ether oxygens (including phenoxy) is 1. The summed E-state index contributed by atoms with van der Waals surface area (Å²) in [7, 11) is 1.57. The van der Waals surface area contributed by atoms with E-state index >= 15 is 0 Å². The highest BCUT2D eigenvalue weighted by Crippen LogP contribution is 2.26. The minimum atomic E-state index is -0.888. The molecule has 0 bridgehead atoms. The molecule has 0 fully saturated rings. The maximum Gasteiger partial charge on any atom is 0.305 e. The number of methoxy groups -OCH3 is 1. The first-order valence-corrected chi connectivity index (χ1v) is 11.1. The molecule has 3 aromatic rings. The van der Waals surface area contributed by atoms with Crippen LogP contribution in [0, 0.1) is 0 Å². The van der Waals surface area contributed by atoms with E-state index in [0.717, 1.165) is 55.0 Å². The van der Waals surface area contributed by atoms with E-state index in [4.69, 9.17) is 9.72 Å². The lowest BCUT2D eigenvalue weighted by Crippen LogP contribution is -2.19. The number of nitrogens with zero attached hydrogens (tertiary/aromatic N) is 4. The molecule has 0 amide bonds. The average Bonchev–Trinajstić information content (AvgIpc) is 3.13. The number of aromatic nitrogens is 4. The summed E-state index contributed by atoms with van der Waals surface area (Å²) >= 11 is 0. The van der Waals surface area contributed by atoms with Crippen molar-refractivity contribution in [2.24, 2.45) is 0 Å². The molecule has 0 saturated heterocycles. The van der Waals surface area contributed by atoms with Gasteiger partial charge in [-0.25, -0.2) is 4.98 Å². The first-order chi connectivity index (χ1) is 15.6. The second kappa shape index (κ2) is 10.3. The topological polar surface area (TPSA) is 102 Å². The Balaban J connectivity index is 1.47. The largest absolute Gasteiger partial charge is 0.495 e. The Morgan fingerprint density at radius 2 is 2.16 bits per heavy atom. The van der Waals surface area contributed by atoms with E-state index in [1.807, 2.05) is 12.1 Å². The zero-order valence-electron chi connectivity index (χ0n) is 18.3. The minimum Gasteiger partial charge on any atom is -0.495 e. The second-order valence-corrected chi connectivity index (χ2v) is 8.09. The van der Waals surface area contributed by atoms with Crippen molar-refractivity contribution in [1.82, 2.24) is 19.7 Å². The summed E-state index contributed by atoms with van der Waals surface area (Å²) in [6.45, 7) is 0.979. The average molecular weight is 436 g/mol. The number of hydrogen-bond donors (Lipinski definition) is 2. The van der Waals surface area contributed by atoms with Gasteiger partial charge in [0.1, 0.15) is 11.6 Å². The van der Waals surface area contributed by atoms with Crippen molar-refractivity contribution in [1.29, 1.82) is 0 Å². The van der Waals surface area contributed by atoms with Gasteiger partial charge in [0.2, 0.25) is 0 Å². The van der Waals surface area contributed by atoms with Crippen molar-refractivity contribution < 1.29 is 14.6 Å². The lowest BCUT2D eigenvalue weighted by Gasteiger charge is -2.19. The van der Waals surface area contributed by atoms with Crippen LogP contribution in [-0.2, 0) is 24.1 Å². The van der Waals surface area contributed by atoms with E-state index in [-0.39, 0.29) is 6.42 Å². The number of anilines is 1. The van der Waals surface area contributed by atoms with E-state index in [0.29, 0.717) is 5.75 Å². The highest BCUT2D eigenvalue weighted by molar-refractivity contribution is 5.68. The molecule has 0 spiro atoms. The molecule has 1 aliphatic rings. The van der Waals surface area contributed by atoms with Gasteiger partial charge in [-0.05, 0) is 67.9 Å². The molecule has 0 radical (unpaired) electrons. The molecule has 168 valence electrons. The lowest BCUT2D eigenvalue weighted by atomic mass is 10.0. The van der Waals surface area contributed by atoms with Crippen LogP contribution < -0.4 is 10.1 Å². The molecule has 32 heavy (non-hydrogen) atoms. The van der Waals surface area contributed by atoms with Crippen LogP contribution in [0.4, 0.5) is 5.82 Å². The molecule has 0 aromatic carbocycles. The van der Waals surface area contributed by atoms with E-state index in [2.05, 4.69) is 27.5 Å². The summed E-state index contributed by atoms with van der Waals surface area (Å²) in [4.78, 5) is 20.6. The van der Waals surface area contributed by atoms with Gasteiger partial charge in [-0.15, -0.1) is 0 Å². The van der Waals surface area contributed by atoms with Gasteiger partial charge >= 0.3 is 5.97 Å². The molecule has 8 heteroatoms. The first kappa shape index (κ1) is 21.8. The highest BCUT2D eigenvalue weighted by Gasteiger charge is 2.22. The molecule has 2 N–H and O–H groups in total. The third-order valence-electron chi connectivity index (χ3n) is 5.84. The number of aryl methyl sites for hydroxylation is 3. The monoisotopic (exact) mass is 435 g/mol. The predicted molar refractivity (Wildman–Crippen MR) is 121 cm³/mol. The number of carboxylic acids is 1. The molecule has 4 heterocycles. The summed E-state index contributed by atoms with van der Waals surface area (Å²) in [5, 5.41) is 17.4. The smallest absolute Gasteiger partial charge is 0.305 e. The van der Waals surface area contributed by atoms with Crippen molar-refractivity contribution in [2.45, 2.75) is 51.0 Å². The van der Waals surface area contributed by atoms with Crippen molar-refractivity contribution in [3.05, 3.63) is 65.4 Å². The van der Waals surface area contributed by atoms with E-state index in [9.17, 15) is 9.90 Å². The third-order valence-corrected chi connectivity index (χ3v) is 5.84. The summed E-state index contributed by atoms with van der Waals surface area (Å²) in [5.74, 6) is 0.729. The third kappa shape index (κ3) is 5.25. The number of carboxylic acid groups (broad SMARTS) is 1. The molecule has 1 aliphatic heterocycles. The van der Waals surface area contributed by atoms with Crippen molar-refractivity contribution in [3.8, 4) is 5.75 Å². The number of pyridine rings is 2. The number of rotatable bonds is 9. The Morgan fingerprint density at radius 1 is 1.25 bits per heavy atom. The van der Waals surface area contributed by atoms with Crippen LogP contribution in [0.15, 0.2) is 42.9 Å². The summed E-state index contributed by atoms with van der Waals surface area (Å²) in [6.07, 6.45) is 10.9. The van der Waals surface area contributed by atoms with Crippen LogP contribution in [0.1, 0.15) is 54.2 Å². The molecule has 1 unspecified atom stereocenters. The molecular formula is C24H29N5O3. The molecular weight excluding hydrogens is 406 g/mol. The first-order valence-electron chi connectivity index (χ1n) is 11.1. The molecule has 0 saturated carbocycles. The maximum absolute atomic E-state index is 11.6. The SMILES string of the molecule is COc1cncc(C(CC(=O)O)n2nccc2CCCc2ccc3c(n2)NCCCC3)c1. The Morgan fingerprint density at radius 3 is 3.00 bits per heavy atom. The molecule has 4 rings (SSSR count). The Kier molecular flexibility index (Phi) is 6.99. The van der Waals surface area contributed by atoms with E-state index in [1.54, 1.807) is 30.4 Å². The van der Waals surface area contributed by atoms with Crippen molar-refractivity contribution in [2.75, 3.05) is 19.0 Å². The minimum absolute atomic E-state index is 0.0818. The van der Waals surface area contributed by atoms with Crippen molar-refractivity contribution >= 4 is 11.8 Å². The fourth-order valence-electron chi connectivity index (χ4n) is 4.18. The van der Waals surface area contributed by atoms with Crippen LogP contribution in [0.25, 0.3) is 0 Å². The number of hydrogen-bond acceptors (Lipinski definition) is 6. The quantitative estimate of drug-likeness (QED) is 0.529. The maximum atomic E-state index is 11.6. The van der Waals surface area contributed by atoms with Crippen LogP contribution in [-0.4, -0.2) is 44.5 Å². The van der Waals surface area contributed by atoms with Crippen LogP contribution >= 0.6 is 0 Å². The standard InChI is InChI=1S/C24H29N5O3/c1-32-21-13-18(15-25-16-21)22(14-23(30)31)29-20(10-12-27-29)7-4-6-19-9-8-17-5-2-3-11-26-24(17)28-19/h8-10,12-13,15-16,22H,2-7,11,14H2,1H3,(H,26,28)(H,30,31). The lowest BCUT2D eigenvalue weighted by molar-refractivity contribution is -0.137. The molecule has 0 aliphatic carbocycles. The number of carbonyl (C=O) groups is 1. The normalized spacial score (nSPS) is 14.2. The van der Waals surface area contributed by atoms with Gasteiger partial charge in [-0.2, -0.15) is 5.10 Å². The fourth-order valence-corrected chi connectivity index (χ4v) is 4.18.